The lowest BCUT2D eigenvalue weighted by Gasteiger charge is -2.22. The predicted molar refractivity (Wildman–Crippen MR) is 63.4 cm³/mol. The second-order valence-electron chi connectivity index (χ2n) is 4.65. The van der Waals surface area contributed by atoms with E-state index in [-0.39, 0.29) is 11.4 Å². The highest BCUT2D eigenvalue weighted by Crippen LogP contribution is 2.18. The largest absolute Gasteiger partial charge is 0.354 e. The number of aromatic amines is 1. The Morgan fingerprint density at radius 2 is 2.53 bits per heavy atom. The van der Waals surface area contributed by atoms with Crippen molar-refractivity contribution in [3.05, 3.63) is 12.2 Å². The number of amides is 1. The molecule has 1 unspecified atom stereocenters. The Balaban J connectivity index is 1.66. The molecule has 0 saturated carbocycles. The van der Waals surface area contributed by atoms with Crippen LogP contribution in [0.1, 0.15) is 32.0 Å². The Morgan fingerprint density at radius 1 is 1.65 bits per heavy atom. The Hall–Kier alpha value is -1.43. The molecule has 2 heterocycles. The predicted octanol–water partition coefficient (Wildman–Crippen LogP) is -0.00440. The third-order valence-corrected chi connectivity index (χ3v) is 3.21. The molecule has 6 nitrogen and oxygen atoms in total. The highest BCUT2D eigenvalue weighted by Gasteiger charge is 2.35. The van der Waals surface area contributed by atoms with Crippen LogP contribution >= 0.6 is 0 Å². The van der Waals surface area contributed by atoms with Crippen LogP contribution in [0.15, 0.2) is 6.33 Å². The van der Waals surface area contributed by atoms with Gasteiger partial charge in [-0.25, -0.2) is 4.98 Å². The number of aryl methyl sites for hydroxylation is 1. The van der Waals surface area contributed by atoms with Crippen LogP contribution in [0.4, 0.5) is 0 Å². The van der Waals surface area contributed by atoms with Gasteiger partial charge in [0.25, 0.3) is 0 Å². The Labute approximate surface area is 101 Å². The average molecular weight is 237 g/mol. The second kappa shape index (κ2) is 5.27. The molecule has 2 rings (SSSR count). The number of carbonyl (C=O) groups is 1. The van der Waals surface area contributed by atoms with Crippen molar-refractivity contribution in [1.29, 1.82) is 0 Å². The monoisotopic (exact) mass is 237 g/mol. The molecule has 0 spiro atoms. The van der Waals surface area contributed by atoms with Crippen LogP contribution in [0.3, 0.4) is 0 Å². The van der Waals surface area contributed by atoms with E-state index >= 15 is 0 Å². The number of hydrogen-bond acceptors (Lipinski definition) is 4. The Morgan fingerprint density at radius 3 is 3.18 bits per heavy atom. The number of nitrogens with zero attached hydrogens (tertiary/aromatic N) is 2. The van der Waals surface area contributed by atoms with E-state index in [2.05, 4.69) is 25.8 Å². The van der Waals surface area contributed by atoms with E-state index in [0.29, 0.717) is 6.54 Å². The number of H-pyrrole nitrogens is 1. The fourth-order valence-corrected chi connectivity index (χ4v) is 2.09. The number of rotatable bonds is 5. The minimum Gasteiger partial charge on any atom is -0.354 e. The summed E-state index contributed by atoms with van der Waals surface area (Å²) in [6, 6.07) is 0. The molecule has 1 fully saturated rings. The highest BCUT2D eigenvalue weighted by molar-refractivity contribution is 5.86. The molecule has 1 atom stereocenters. The van der Waals surface area contributed by atoms with Crippen LogP contribution in [0, 0.1) is 0 Å². The number of nitrogens with one attached hydrogen (secondary N) is 3. The zero-order valence-corrected chi connectivity index (χ0v) is 10.1. The highest BCUT2D eigenvalue weighted by atomic mass is 16.2. The van der Waals surface area contributed by atoms with Crippen LogP contribution in [0.5, 0.6) is 0 Å². The first-order valence-electron chi connectivity index (χ1n) is 6.08. The molecule has 6 heteroatoms. The molecule has 1 amide bonds. The van der Waals surface area contributed by atoms with Gasteiger partial charge in [0.15, 0.2) is 0 Å². The molecule has 0 aliphatic carbocycles. The van der Waals surface area contributed by atoms with Crippen molar-refractivity contribution in [2.45, 2.75) is 38.1 Å². The summed E-state index contributed by atoms with van der Waals surface area (Å²) in [5.74, 6) is 0.969. The quantitative estimate of drug-likeness (QED) is 0.629. The number of carbonyl (C=O) groups excluding carboxylic acids is 1. The summed E-state index contributed by atoms with van der Waals surface area (Å²) in [5.41, 5.74) is -0.369. The first-order valence-corrected chi connectivity index (χ1v) is 6.08. The van der Waals surface area contributed by atoms with Gasteiger partial charge in [-0.05, 0) is 32.7 Å². The normalized spacial score (nSPS) is 23.8. The van der Waals surface area contributed by atoms with Crippen molar-refractivity contribution in [3.8, 4) is 0 Å². The summed E-state index contributed by atoms with van der Waals surface area (Å²) in [6.07, 6.45) is 5.17. The fourth-order valence-electron chi connectivity index (χ4n) is 2.09. The lowest BCUT2D eigenvalue weighted by Crippen LogP contribution is -2.51. The first-order chi connectivity index (χ1) is 8.21. The van der Waals surface area contributed by atoms with Gasteiger partial charge in [-0.1, -0.05) is 0 Å². The average Bonchev–Trinajstić information content (AvgIpc) is 2.96. The van der Waals surface area contributed by atoms with Crippen LogP contribution in [0.2, 0.25) is 0 Å². The number of aromatic nitrogens is 3. The van der Waals surface area contributed by atoms with Crippen molar-refractivity contribution in [2.24, 2.45) is 0 Å². The van der Waals surface area contributed by atoms with Gasteiger partial charge in [-0.2, -0.15) is 5.10 Å². The molecule has 17 heavy (non-hydrogen) atoms. The maximum Gasteiger partial charge on any atom is 0.240 e. The Bertz CT molecular complexity index is 356. The van der Waals surface area contributed by atoms with Crippen molar-refractivity contribution in [1.82, 2.24) is 25.8 Å². The lowest BCUT2D eigenvalue weighted by molar-refractivity contribution is -0.126. The fraction of sp³-hybridized carbons (Fsp3) is 0.727. The topological polar surface area (TPSA) is 82.7 Å². The summed E-state index contributed by atoms with van der Waals surface area (Å²) in [6.45, 7) is 3.57. The molecule has 1 aliphatic rings. The van der Waals surface area contributed by atoms with Crippen LogP contribution in [-0.4, -0.2) is 39.7 Å². The maximum atomic E-state index is 11.9. The summed E-state index contributed by atoms with van der Waals surface area (Å²) in [7, 11) is 0. The molecule has 0 aromatic carbocycles. The minimum absolute atomic E-state index is 0.104. The summed E-state index contributed by atoms with van der Waals surface area (Å²) < 4.78 is 0. The molecule has 1 aliphatic heterocycles. The molecule has 1 aromatic heterocycles. The zero-order chi connectivity index (χ0) is 12.1. The summed E-state index contributed by atoms with van der Waals surface area (Å²) >= 11 is 0. The smallest absolute Gasteiger partial charge is 0.240 e. The molecule has 1 aromatic rings. The maximum absolute atomic E-state index is 11.9. The van der Waals surface area contributed by atoms with E-state index in [4.69, 9.17) is 0 Å². The van der Waals surface area contributed by atoms with Crippen LogP contribution < -0.4 is 10.6 Å². The van der Waals surface area contributed by atoms with Crippen molar-refractivity contribution in [3.63, 3.8) is 0 Å². The van der Waals surface area contributed by atoms with Gasteiger partial charge in [-0.15, -0.1) is 0 Å². The third-order valence-electron chi connectivity index (χ3n) is 3.21. The van der Waals surface area contributed by atoms with Crippen LogP contribution in [-0.2, 0) is 11.2 Å². The minimum atomic E-state index is -0.369. The molecule has 0 bridgehead atoms. The standard InChI is InChI=1S/C11H19N5O/c1-11(5-3-7-14-11)10(17)12-6-2-4-9-13-8-15-16-9/h8,14H,2-7H2,1H3,(H,12,17)(H,13,15,16). The first kappa shape index (κ1) is 12.0. The van der Waals surface area contributed by atoms with Crippen molar-refractivity contribution < 1.29 is 4.79 Å². The molecule has 94 valence electrons. The van der Waals surface area contributed by atoms with E-state index in [1.54, 1.807) is 0 Å². The molecule has 1 saturated heterocycles. The molecular weight excluding hydrogens is 218 g/mol. The van der Waals surface area contributed by atoms with Gasteiger partial charge in [-0.3, -0.25) is 9.89 Å². The van der Waals surface area contributed by atoms with Gasteiger partial charge in [0, 0.05) is 13.0 Å². The van der Waals surface area contributed by atoms with E-state index < -0.39 is 0 Å². The Kier molecular flexibility index (Phi) is 3.73. The van der Waals surface area contributed by atoms with Gasteiger partial charge >= 0.3 is 0 Å². The molecule has 0 radical (unpaired) electrons. The van der Waals surface area contributed by atoms with Crippen LogP contribution in [0.25, 0.3) is 0 Å². The van der Waals surface area contributed by atoms with E-state index in [9.17, 15) is 4.79 Å². The molecular formula is C11H19N5O. The van der Waals surface area contributed by atoms with Crippen molar-refractivity contribution >= 4 is 5.91 Å². The van der Waals surface area contributed by atoms with E-state index in [1.807, 2.05) is 6.92 Å². The molecule has 3 N–H and O–H groups in total. The third kappa shape index (κ3) is 3.03. The number of hydrogen-bond donors (Lipinski definition) is 3. The summed E-state index contributed by atoms with van der Waals surface area (Å²) in [4.78, 5) is 16.0. The lowest BCUT2D eigenvalue weighted by atomic mass is 9.99. The second-order valence-corrected chi connectivity index (χ2v) is 4.65. The SMILES string of the molecule is CC1(C(=O)NCCCc2ncn[nH]2)CCCN1. The van der Waals surface area contributed by atoms with Gasteiger partial charge in [0.2, 0.25) is 5.91 Å². The van der Waals surface area contributed by atoms with Crippen molar-refractivity contribution in [2.75, 3.05) is 13.1 Å². The van der Waals surface area contributed by atoms with Gasteiger partial charge in [0.1, 0.15) is 12.2 Å². The van der Waals surface area contributed by atoms with E-state index in [1.165, 1.54) is 6.33 Å². The van der Waals surface area contributed by atoms with Gasteiger partial charge < -0.3 is 10.6 Å². The summed E-state index contributed by atoms with van der Waals surface area (Å²) in [5, 5.41) is 12.8. The zero-order valence-electron chi connectivity index (χ0n) is 10.1. The van der Waals surface area contributed by atoms with E-state index in [0.717, 1.165) is 38.1 Å². The van der Waals surface area contributed by atoms with Gasteiger partial charge in [0.05, 0.1) is 5.54 Å².